The lowest BCUT2D eigenvalue weighted by Gasteiger charge is -2.33. The molecule has 24 heavy (non-hydrogen) atoms. The molecular formula is C15H20N6OS2. The molecule has 0 aromatic carbocycles. The SMILES string of the molecule is Nc1nnc(SCC(=O)N[C@@H]2CCCN(Cc3cccnc3)C2)s1. The topological polar surface area (TPSA) is 97.0 Å². The lowest BCUT2D eigenvalue weighted by atomic mass is 10.1. The fraction of sp³-hybridized carbons (Fsp3) is 0.467. The van der Waals surface area contributed by atoms with E-state index in [1.165, 1.54) is 28.7 Å². The summed E-state index contributed by atoms with van der Waals surface area (Å²) in [6.07, 6.45) is 5.79. The van der Waals surface area contributed by atoms with Crippen LogP contribution >= 0.6 is 23.1 Å². The van der Waals surface area contributed by atoms with Gasteiger partial charge in [-0.2, -0.15) is 0 Å². The maximum Gasteiger partial charge on any atom is 0.230 e. The van der Waals surface area contributed by atoms with Crippen molar-refractivity contribution in [1.82, 2.24) is 25.4 Å². The third kappa shape index (κ3) is 5.15. The molecule has 2 aromatic heterocycles. The van der Waals surface area contributed by atoms with Crippen molar-refractivity contribution < 1.29 is 4.79 Å². The van der Waals surface area contributed by atoms with Gasteiger partial charge in [0.15, 0.2) is 4.34 Å². The van der Waals surface area contributed by atoms with E-state index in [4.69, 9.17) is 5.73 Å². The summed E-state index contributed by atoms with van der Waals surface area (Å²) in [6, 6.07) is 4.23. The molecule has 128 valence electrons. The number of pyridine rings is 1. The van der Waals surface area contributed by atoms with E-state index in [0.29, 0.717) is 10.9 Å². The Morgan fingerprint density at radius 1 is 1.50 bits per heavy atom. The summed E-state index contributed by atoms with van der Waals surface area (Å²) >= 11 is 2.67. The highest BCUT2D eigenvalue weighted by Gasteiger charge is 2.21. The highest BCUT2D eigenvalue weighted by Crippen LogP contribution is 2.23. The molecule has 0 spiro atoms. The van der Waals surface area contributed by atoms with Crippen LogP contribution in [0.3, 0.4) is 0 Å². The van der Waals surface area contributed by atoms with Gasteiger partial charge in [0.1, 0.15) is 0 Å². The number of hydrogen-bond acceptors (Lipinski definition) is 8. The molecule has 0 unspecified atom stereocenters. The Morgan fingerprint density at radius 3 is 3.17 bits per heavy atom. The van der Waals surface area contributed by atoms with Gasteiger partial charge >= 0.3 is 0 Å². The summed E-state index contributed by atoms with van der Waals surface area (Å²) in [4.78, 5) is 18.6. The third-order valence-electron chi connectivity index (χ3n) is 3.75. The second-order valence-corrected chi connectivity index (χ2v) is 7.93. The number of carbonyl (C=O) groups is 1. The zero-order chi connectivity index (χ0) is 16.8. The number of amides is 1. The minimum atomic E-state index is 0.0296. The van der Waals surface area contributed by atoms with Crippen molar-refractivity contribution in [2.75, 3.05) is 24.6 Å². The van der Waals surface area contributed by atoms with Crippen LogP contribution in [0, 0.1) is 0 Å². The zero-order valence-electron chi connectivity index (χ0n) is 13.2. The van der Waals surface area contributed by atoms with Crippen molar-refractivity contribution in [3.05, 3.63) is 30.1 Å². The van der Waals surface area contributed by atoms with E-state index in [9.17, 15) is 4.79 Å². The van der Waals surface area contributed by atoms with Crippen LogP contribution in [0.25, 0.3) is 0 Å². The molecule has 0 saturated carbocycles. The van der Waals surface area contributed by atoms with Crippen LogP contribution in [0.1, 0.15) is 18.4 Å². The van der Waals surface area contributed by atoms with E-state index in [1.54, 1.807) is 6.20 Å². The number of rotatable bonds is 6. The van der Waals surface area contributed by atoms with Crippen LogP contribution in [-0.4, -0.2) is 50.9 Å². The number of nitrogen functional groups attached to an aromatic ring is 1. The highest BCUT2D eigenvalue weighted by molar-refractivity contribution is 8.01. The quantitative estimate of drug-likeness (QED) is 0.748. The smallest absolute Gasteiger partial charge is 0.230 e. The van der Waals surface area contributed by atoms with Gasteiger partial charge in [-0.25, -0.2) is 0 Å². The number of carbonyl (C=O) groups excluding carboxylic acids is 1. The zero-order valence-corrected chi connectivity index (χ0v) is 14.9. The molecule has 7 nitrogen and oxygen atoms in total. The Labute approximate surface area is 149 Å². The number of likely N-dealkylation sites (tertiary alicyclic amines) is 1. The summed E-state index contributed by atoms with van der Waals surface area (Å²) in [5, 5.41) is 11.2. The number of thioether (sulfide) groups is 1. The minimum Gasteiger partial charge on any atom is -0.374 e. The van der Waals surface area contributed by atoms with E-state index < -0.39 is 0 Å². The second kappa shape index (κ2) is 8.41. The standard InChI is InChI=1S/C15H20N6OS2/c16-14-19-20-15(24-14)23-10-13(22)18-12-4-2-6-21(9-12)8-11-3-1-5-17-7-11/h1,3,5,7,12H,2,4,6,8-10H2,(H2,16,19)(H,18,22)/t12-/m1/s1. The van der Waals surface area contributed by atoms with Crippen molar-refractivity contribution in [2.24, 2.45) is 0 Å². The maximum absolute atomic E-state index is 12.1. The van der Waals surface area contributed by atoms with Crippen molar-refractivity contribution in [2.45, 2.75) is 29.8 Å². The molecule has 1 aliphatic rings. The average Bonchev–Trinajstić information content (AvgIpc) is 3.00. The third-order valence-corrected chi connectivity index (χ3v) is 5.63. The van der Waals surface area contributed by atoms with Gasteiger partial charge in [-0.15, -0.1) is 10.2 Å². The number of piperidine rings is 1. The first kappa shape index (κ1) is 17.1. The largest absolute Gasteiger partial charge is 0.374 e. The van der Waals surface area contributed by atoms with Gasteiger partial charge in [0.05, 0.1) is 5.75 Å². The van der Waals surface area contributed by atoms with Gasteiger partial charge < -0.3 is 11.1 Å². The lowest BCUT2D eigenvalue weighted by Crippen LogP contribution is -2.47. The molecular weight excluding hydrogens is 344 g/mol. The van der Waals surface area contributed by atoms with E-state index in [0.717, 1.165) is 36.8 Å². The molecule has 1 atom stereocenters. The summed E-state index contributed by atoms with van der Waals surface area (Å²) in [5.41, 5.74) is 6.74. The Bertz CT molecular complexity index is 665. The van der Waals surface area contributed by atoms with Crippen molar-refractivity contribution >= 4 is 34.1 Å². The van der Waals surface area contributed by atoms with Crippen LogP contribution in [0.4, 0.5) is 5.13 Å². The lowest BCUT2D eigenvalue weighted by molar-refractivity contribution is -0.119. The molecule has 0 aliphatic carbocycles. The van der Waals surface area contributed by atoms with Crippen molar-refractivity contribution in [3.63, 3.8) is 0 Å². The molecule has 0 bridgehead atoms. The molecule has 3 N–H and O–H groups in total. The first-order valence-corrected chi connectivity index (χ1v) is 9.61. The number of aromatic nitrogens is 3. The fourth-order valence-corrected chi connectivity index (χ4v) is 4.19. The monoisotopic (exact) mass is 364 g/mol. The van der Waals surface area contributed by atoms with Gasteiger partial charge in [-0.3, -0.25) is 14.7 Å². The fourth-order valence-electron chi connectivity index (χ4n) is 2.74. The van der Waals surface area contributed by atoms with Gasteiger partial charge in [0, 0.05) is 31.5 Å². The van der Waals surface area contributed by atoms with E-state index >= 15 is 0 Å². The van der Waals surface area contributed by atoms with Crippen molar-refractivity contribution in [1.29, 1.82) is 0 Å². The van der Waals surface area contributed by atoms with Crippen LogP contribution in [0.5, 0.6) is 0 Å². The minimum absolute atomic E-state index is 0.0296. The van der Waals surface area contributed by atoms with Crippen LogP contribution < -0.4 is 11.1 Å². The predicted octanol–water partition coefficient (Wildman–Crippen LogP) is 1.39. The van der Waals surface area contributed by atoms with Crippen LogP contribution in [-0.2, 0) is 11.3 Å². The Morgan fingerprint density at radius 2 is 2.42 bits per heavy atom. The molecule has 3 heterocycles. The second-order valence-electron chi connectivity index (χ2n) is 5.70. The summed E-state index contributed by atoms with van der Waals surface area (Å²) in [5.74, 6) is 0.371. The molecule has 9 heteroatoms. The number of nitrogens with zero attached hydrogens (tertiary/aromatic N) is 4. The summed E-state index contributed by atoms with van der Waals surface area (Å²) in [7, 11) is 0. The average molecular weight is 365 g/mol. The van der Waals surface area contributed by atoms with Gasteiger partial charge in [-0.05, 0) is 31.0 Å². The Kier molecular flexibility index (Phi) is 6.00. The molecule has 1 saturated heterocycles. The van der Waals surface area contributed by atoms with E-state index in [2.05, 4.69) is 31.5 Å². The molecule has 1 aliphatic heterocycles. The normalized spacial score (nSPS) is 18.4. The first-order valence-electron chi connectivity index (χ1n) is 7.81. The molecule has 2 aromatic rings. The van der Waals surface area contributed by atoms with Gasteiger partial charge in [0.2, 0.25) is 11.0 Å². The number of nitrogens with one attached hydrogen (secondary N) is 1. The Balaban J connectivity index is 1.43. The molecule has 3 rings (SSSR count). The Hall–Kier alpha value is -1.71. The van der Waals surface area contributed by atoms with Crippen molar-refractivity contribution in [3.8, 4) is 0 Å². The summed E-state index contributed by atoms with van der Waals surface area (Å²) in [6.45, 7) is 2.80. The number of nitrogens with two attached hydrogens (primary N) is 1. The van der Waals surface area contributed by atoms with E-state index in [-0.39, 0.29) is 11.9 Å². The predicted molar refractivity (Wildman–Crippen MR) is 95.7 cm³/mol. The van der Waals surface area contributed by atoms with Crippen LogP contribution in [0.2, 0.25) is 0 Å². The van der Waals surface area contributed by atoms with Gasteiger partial charge in [0.25, 0.3) is 0 Å². The van der Waals surface area contributed by atoms with Crippen LogP contribution in [0.15, 0.2) is 28.9 Å². The molecule has 1 fully saturated rings. The highest BCUT2D eigenvalue weighted by atomic mass is 32.2. The molecule has 0 radical (unpaired) electrons. The summed E-state index contributed by atoms with van der Waals surface area (Å²) < 4.78 is 0.726. The van der Waals surface area contributed by atoms with Gasteiger partial charge in [-0.1, -0.05) is 29.2 Å². The molecule has 1 amide bonds. The number of anilines is 1. The first-order chi connectivity index (χ1) is 11.7. The number of hydrogen-bond donors (Lipinski definition) is 2. The maximum atomic E-state index is 12.1. The van der Waals surface area contributed by atoms with E-state index in [1.807, 2.05) is 12.3 Å².